The van der Waals surface area contributed by atoms with Gasteiger partial charge in [0.2, 0.25) is 0 Å². The van der Waals surface area contributed by atoms with Gasteiger partial charge in [0.15, 0.2) is 5.78 Å². The van der Waals surface area contributed by atoms with Crippen LogP contribution < -0.4 is 0 Å². The van der Waals surface area contributed by atoms with Crippen LogP contribution in [0.25, 0.3) is 11.1 Å². The van der Waals surface area contributed by atoms with Gasteiger partial charge in [-0.1, -0.05) is 30.4 Å². The zero-order valence-electron chi connectivity index (χ0n) is 8.42. The van der Waals surface area contributed by atoms with Crippen LogP contribution >= 0.6 is 0 Å². The standard InChI is InChI=1S/C13H8N2O/c14-15-13-10-5-2-1-4-8(10)9-6-3-7-11(16)12(9)13/h1-7,12H. The second kappa shape index (κ2) is 3.12. The smallest absolute Gasteiger partial charge is 0.314 e. The Balaban J connectivity index is 2.35. The molecule has 0 heterocycles. The number of carbonyl (C=O) groups excluding carboxylic acids is 1. The van der Waals surface area contributed by atoms with Crippen molar-refractivity contribution in [3.05, 3.63) is 59.2 Å². The van der Waals surface area contributed by atoms with Gasteiger partial charge in [0, 0.05) is 0 Å². The second-order valence-electron chi connectivity index (χ2n) is 3.85. The number of benzene rings is 1. The fourth-order valence-corrected chi connectivity index (χ4v) is 2.34. The lowest BCUT2D eigenvalue weighted by atomic mass is 9.90. The lowest BCUT2D eigenvalue weighted by Gasteiger charge is -2.08. The molecule has 0 saturated heterocycles. The number of ketones is 1. The molecule has 0 aliphatic heterocycles. The van der Waals surface area contributed by atoms with Gasteiger partial charge in [-0.3, -0.25) is 4.79 Å². The van der Waals surface area contributed by atoms with Crippen molar-refractivity contribution in [1.82, 2.24) is 0 Å². The minimum atomic E-state index is -0.424. The van der Waals surface area contributed by atoms with E-state index in [1.165, 1.54) is 6.08 Å². The molecule has 0 bridgehead atoms. The molecule has 0 spiro atoms. The first kappa shape index (κ1) is 9.01. The SMILES string of the molecule is [N-]=[N+]=C1c2ccccc2C2=CC=CC(=O)C21. The topological polar surface area (TPSA) is 53.5 Å². The maximum absolute atomic E-state index is 11.8. The fourth-order valence-electron chi connectivity index (χ4n) is 2.34. The molecule has 0 N–H and O–H groups in total. The Labute approximate surface area is 92.3 Å². The first-order chi connectivity index (χ1) is 7.83. The first-order valence-corrected chi connectivity index (χ1v) is 5.07. The number of nitrogens with zero attached hydrogens (tertiary/aromatic N) is 2. The molecule has 2 aliphatic carbocycles. The molecule has 0 saturated carbocycles. The third-order valence-corrected chi connectivity index (χ3v) is 3.03. The summed E-state index contributed by atoms with van der Waals surface area (Å²) in [7, 11) is 0. The second-order valence-corrected chi connectivity index (χ2v) is 3.85. The van der Waals surface area contributed by atoms with Crippen LogP contribution in [0, 0.1) is 5.92 Å². The summed E-state index contributed by atoms with van der Waals surface area (Å²) in [5.74, 6) is -0.450. The molecule has 0 amide bonds. The molecular weight excluding hydrogens is 200 g/mol. The Morgan fingerprint density at radius 1 is 1.19 bits per heavy atom. The molecule has 1 aromatic rings. The third kappa shape index (κ3) is 1.01. The maximum atomic E-state index is 11.8. The Kier molecular flexibility index (Phi) is 1.76. The molecule has 0 fully saturated rings. The van der Waals surface area contributed by atoms with Gasteiger partial charge in [-0.2, -0.15) is 4.79 Å². The van der Waals surface area contributed by atoms with Crippen molar-refractivity contribution in [2.45, 2.75) is 0 Å². The lowest BCUT2D eigenvalue weighted by molar-refractivity contribution is -0.116. The average molecular weight is 208 g/mol. The van der Waals surface area contributed by atoms with Crippen LogP contribution in [0.2, 0.25) is 0 Å². The van der Waals surface area contributed by atoms with Crippen molar-refractivity contribution in [2.75, 3.05) is 0 Å². The Bertz CT molecular complexity index is 604. The number of hydrogen-bond acceptors (Lipinski definition) is 1. The van der Waals surface area contributed by atoms with Gasteiger partial charge in [-0.15, -0.1) is 0 Å². The highest BCUT2D eigenvalue weighted by molar-refractivity contribution is 6.28. The van der Waals surface area contributed by atoms with Gasteiger partial charge in [0.25, 0.3) is 0 Å². The van der Waals surface area contributed by atoms with Crippen LogP contribution in [0.1, 0.15) is 11.1 Å². The van der Waals surface area contributed by atoms with Crippen molar-refractivity contribution in [3.8, 4) is 0 Å². The predicted molar refractivity (Wildman–Crippen MR) is 59.8 cm³/mol. The normalized spacial score (nSPS) is 21.2. The van der Waals surface area contributed by atoms with Gasteiger partial charge in [-0.25, -0.2) is 0 Å². The molecule has 3 nitrogen and oxygen atoms in total. The number of carbonyl (C=O) groups is 1. The molecule has 2 aliphatic rings. The van der Waals surface area contributed by atoms with Crippen molar-refractivity contribution in [2.24, 2.45) is 5.92 Å². The van der Waals surface area contributed by atoms with E-state index in [1.807, 2.05) is 30.3 Å². The molecule has 3 rings (SSSR count). The van der Waals surface area contributed by atoms with Crippen LogP contribution in [-0.4, -0.2) is 16.3 Å². The summed E-state index contributed by atoms with van der Waals surface area (Å²) in [6, 6.07) is 7.61. The van der Waals surface area contributed by atoms with E-state index in [1.54, 1.807) is 6.08 Å². The summed E-state index contributed by atoms with van der Waals surface area (Å²) >= 11 is 0. The van der Waals surface area contributed by atoms with Crippen LogP contribution in [-0.2, 0) is 4.79 Å². The molecule has 76 valence electrons. The molecule has 16 heavy (non-hydrogen) atoms. The largest absolute Gasteiger partial charge is 0.361 e. The number of rotatable bonds is 0. The highest BCUT2D eigenvalue weighted by atomic mass is 16.1. The predicted octanol–water partition coefficient (Wildman–Crippen LogP) is 1.86. The maximum Gasteiger partial charge on any atom is 0.314 e. The monoisotopic (exact) mass is 208 g/mol. The van der Waals surface area contributed by atoms with Crippen LogP contribution in [0.15, 0.2) is 42.5 Å². The third-order valence-electron chi connectivity index (χ3n) is 3.03. The Morgan fingerprint density at radius 3 is 2.69 bits per heavy atom. The van der Waals surface area contributed by atoms with Crippen molar-refractivity contribution in [3.63, 3.8) is 0 Å². The summed E-state index contributed by atoms with van der Waals surface area (Å²) in [5.41, 5.74) is 12.3. The van der Waals surface area contributed by atoms with Crippen LogP contribution in [0.3, 0.4) is 0 Å². The van der Waals surface area contributed by atoms with Crippen molar-refractivity contribution < 1.29 is 9.58 Å². The molecule has 3 heteroatoms. The highest BCUT2D eigenvalue weighted by Crippen LogP contribution is 2.38. The minimum Gasteiger partial charge on any atom is -0.361 e. The van der Waals surface area contributed by atoms with E-state index < -0.39 is 5.92 Å². The molecule has 1 atom stereocenters. The Morgan fingerprint density at radius 2 is 1.94 bits per heavy atom. The average Bonchev–Trinajstić information content (AvgIpc) is 2.65. The molecule has 1 unspecified atom stereocenters. The minimum absolute atomic E-state index is 0.0264. The zero-order valence-corrected chi connectivity index (χ0v) is 8.42. The zero-order chi connectivity index (χ0) is 11.1. The number of allylic oxidation sites excluding steroid dienone is 4. The van der Waals surface area contributed by atoms with Crippen LogP contribution in [0.5, 0.6) is 0 Å². The summed E-state index contributed by atoms with van der Waals surface area (Å²) in [4.78, 5) is 15.1. The highest BCUT2D eigenvalue weighted by Gasteiger charge is 2.43. The van der Waals surface area contributed by atoms with Crippen LogP contribution in [0.4, 0.5) is 0 Å². The lowest BCUT2D eigenvalue weighted by Crippen LogP contribution is -2.21. The van der Waals surface area contributed by atoms with E-state index in [0.717, 1.165) is 16.7 Å². The molecule has 0 radical (unpaired) electrons. The van der Waals surface area contributed by atoms with Gasteiger partial charge in [0.05, 0.1) is 5.56 Å². The molecular formula is C13H8N2O. The summed E-state index contributed by atoms with van der Waals surface area (Å²) < 4.78 is 0. The fraction of sp³-hybridized carbons (Fsp3) is 0.0769. The van der Waals surface area contributed by atoms with Gasteiger partial charge in [0.1, 0.15) is 5.92 Å². The summed E-state index contributed by atoms with van der Waals surface area (Å²) in [6.07, 6.45) is 5.17. The van der Waals surface area contributed by atoms with E-state index in [4.69, 9.17) is 5.53 Å². The number of hydrogen-bond donors (Lipinski definition) is 0. The van der Waals surface area contributed by atoms with Gasteiger partial charge >= 0.3 is 5.71 Å². The summed E-state index contributed by atoms with van der Waals surface area (Å²) in [5, 5.41) is 0. The van der Waals surface area contributed by atoms with Gasteiger partial charge in [-0.05, 0) is 23.3 Å². The van der Waals surface area contributed by atoms with Crippen molar-refractivity contribution >= 4 is 17.1 Å². The molecule has 1 aromatic carbocycles. The van der Waals surface area contributed by atoms with E-state index >= 15 is 0 Å². The molecule has 0 aromatic heterocycles. The van der Waals surface area contributed by atoms with E-state index in [-0.39, 0.29) is 5.78 Å². The van der Waals surface area contributed by atoms with E-state index in [2.05, 4.69) is 4.79 Å². The van der Waals surface area contributed by atoms with E-state index in [9.17, 15) is 4.79 Å². The quantitative estimate of drug-likeness (QED) is 0.474. The number of fused-ring (bicyclic) bond motifs is 3. The summed E-state index contributed by atoms with van der Waals surface area (Å²) in [6.45, 7) is 0. The Hall–Kier alpha value is -2.25. The van der Waals surface area contributed by atoms with Crippen molar-refractivity contribution in [1.29, 1.82) is 0 Å². The van der Waals surface area contributed by atoms with Gasteiger partial charge < -0.3 is 5.53 Å². The first-order valence-electron chi connectivity index (χ1n) is 5.07. The van der Waals surface area contributed by atoms with E-state index in [0.29, 0.717) is 5.71 Å².